The first-order chi connectivity index (χ1) is 13.7. The van der Waals surface area contributed by atoms with Crippen LogP contribution < -0.4 is 11.1 Å². The van der Waals surface area contributed by atoms with E-state index in [-0.39, 0.29) is 11.1 Å². The van der Waals surface area contributed by atoms with Gasteiger partial charge in [0, 0.05) is 23.1 Å². The first-order valence-corrected chi connectivity index (χ1v) is 8.78. The number of hydrogen-bond donors (Lipinski definition) is 0. The zero-order valence-electron chi connectivity index (χ0n) is 14.9. The fourth-order valence-corrected chi connectivity index (χ4v) is 2.86. The second-order valence-electron chi connectivity index (χ2n) is 6.13. The van der Waals surface area contributed by atoms with Crippen LogP contribution in [0.2, 0.25) is 0 Å². The molecule has 5 aromatic rings. The van der Waals surface area contributed by atoms with Gasteiger partial charge in [-0.15, -0.1) is 0 Å². The molecule has 0 atom stereocenters. The number of para-hydroxylation sites is 2. The van der Waals surface area contributed by atoms with Crippen LogP contribution in [0.5, 0.6) is 0 Å². The highest BCUT2D eigenvalue weighted by Gasteiger charge is 2.05. The Bertz CT molecular complexity index is 1350. The lowest BCUT2D eigenvalue weighted by atomic mass is 10.1. The summed E-state index contributed by atoms with van der Waals surface area (Å²) in [5.74, 6) is 0.606. The molecule has 4 heteroatoms. The molecule has 0 spiro atoms. The standard InChI is InChI=1S/C15H10O2.C9H6O2/c16-13-10-15(11-6-2-1-3-7-11)17-14-9-5-4-8-12(13)14;10-9-6-5-7-3-1-2-4-8(7)11-9/h1-10H;1-6H. The van der Waals surface area contributed by atoms with Crippen molar-refractivity contribution < 1.29 is 8.83 Å². The maximum Gasteiger partial charge on any atom is 0.336 e. The van der Waals surface area contributed by atoms with Crippen molar-refractivity contribution in [3.05, 3.63) is 118 Å². The predicted octanol–water partition coefficient (Wildman–Crippen LogP) is 5.25. The van der Waals surface area contributed by atoms with Gasteiger partial charge in [0.2, 0.25) is 0 Å². The van der Waals surface area contributed by atoms with Crippen LogP contribution in [0, 0.1) is 0 Å². The van der Waals surface area contributed by atoms with Gasteiger partial charge in [-0.2, -0.15) is 0 Å². The van der Waals surface area contributed by atoms with Gasteiger partial charge in [-0.05, 0) is 24.3 Å². The van der Waals surface area contributed by atoms with E-state index in [1.165, 1.54) is 12.1 Å². The van der Waals surface area contributed by atoms with Crippen LogP contribution in [0.25, 0.3) is 33.3 Å². The van der Waals surface area contributed by atoms with Crippen molar-refractivity contribution in [2.75, 3.05) is 0 Å². The van der Waals surface area contributed by atoms with Gasteiger partial charge in [0.25, 0.3) is 0 Å². The van der Waals surface area contributed by atoms with E-state index >= 15 is 0 Å². The van der Waals surface area contributed by atoms with E-state index in [2.05, 4.69) is 0 Å². The molecule has 0 N–H and O–H groups in total. The first kappa shape index (κ1) is 17.5. The zero-order valence-corrected chi connectivity index (χ0v) is 14.9. The average Bonchev–Trinajstić information content (AvgIpc) is 2.75. The molecule has 4 nitrogen and oxygen atoms in total. The van der Waals surface area contributed by atoms with Gasteiger partial charge in [-0.1, -0.05) is 60.7 Å². The molecule has 3 aromatic carbocycles. The van der Waals surface area contributed by atoms with Crippen LogP contribution in [0.1, 0.15) is 0 Å². The summed E-state index contributed by atoms with van der Waals surface area (Å²) in [6.45, 7) is 0. The Balaban J connectivity index is 0.000000151. The highest BCUT2D eigenvalue weighted by atomic mass is 16.4. The predicted molar refractivity (Wildman–Crippen MR) is 110 cm³/mol. The summed E-state index contributed by atoms with van der Waals surface area (Å²) >= 11 is 0. The van der Waals surface area contributed by atoms with Crippen molar-refractivity contribution in [2.45, 2.75) is 0 Å². The van der Waals surface area contributed by atoms with Crippen LogP contribution in [0.4, 0.5) is 0 Å². The minimum atomic E-state index is -0.302. The molecule has 2 aromatic heterocycles. The number of fused-ring (bicyclic) bond motifs is 2. The topological polar surface area (TPSA) is 60.4 Å². The monoisotopic (exact) mass is 368 g/mol. The third kappa shape index (κ3) is 3.76. The molecule has 0 aliphatic rings. The van der Waals surface area contributed by atoms with Gasteiger partial charge in [-0.3, -0.25) is 4.79 Å². The van der Waals surface area contributed by atoms with Gasteiger partial charge >= 0.3 is 5.63 Å². The van der Waals surface area contributed by atoms with Gasteiger partial charge in [0.1, 0.15) is 16.9 Å². The maximum atomic E-state index is 11.9. The van der Waals surface area contributed by atoms with Crippen LogP contribution >= 0.6 is 0 Å². The lowest BCUT2D eigenvalue weighted by molar-refractivity contribution is 0.561. The van der Waals surface area contributed by atoms with Crippen molar-refractivity contribution in [1.29, 1.82) is 0 Å². The van der Waals surface area contributed by atoms with Crippen molar-refractivity contribution >= 4 is 21.9 Å². The number of rotatable bonds is 1. The van der Waals surface area contributed by atoms with E-state index in [4.69, 9.17) is 8.83 Å². The Morgan fingerprint density at radius 3 is 2.07 bits per heavy atom. The third-order valence-corrected chi connectivity index (χ3v) is 4.22. The average molecular weight is 368 g/mol. The van der Waals surface area contributed by atoms with Crippen molar-refractivity contribution in [1.82, 2.24) is 0 Å². The minimum absolute atomic E-state index is 0.00861. The second kappa shape index (κ2) is 7.76. The Morgan fingerprint density at radius 2 is 1.25 bits per heavy atom. The van der Waals surface area contributed by atoms with E-state index < -0.39 is 0 Å². The summed E-state index contributed by atoms with van der Waals surface area (Å²) in [5, 5.41) is 1.57. The van der Waals surface area contributed by atoms with Crippen molar-refractivity contribution in [2.24, 2.45) is 0 Å². The summed E-state index contributed by atoms with van der Waals surface area (Å²) in [6, 6.07) is 29.0. The SMILES string of the molecule is O=c1cc(-c2ccccc2)oc2ccccc12.O=c1ccc2ccccc2o1. The Kier molecular flexibility index (Phi) is 4.85. The van der Waals surface area contributed by atoms with E-state index in [1.54, 1.807) is 18.2 Å². The molecule has 0 saturated carbocycles. The molecule has 2 heterocycles. The Labute approximate surface area is 160 Å². The number of benzene rings is 3. The molecule has 0 aliphatic carbocycles. The molecule has 0 fully saturated rings. The van der Waals surface area contributed by atoms with Crippen LogP contribution in [-0.4, -0.2) is 0 Å². The zero-order chi connectivity index (χ0) is 19.3. The lowest BCUT2D eigenvalue weighted by Gasteiger charge is -2.02. The van der Waals surface area contributed by atoms with Crippen molar-refractivity contribution in [3.8, 4) is 11.3 Å². The lowest BCUT2D eigenvalue weighted by Crippen LogP contribution is -1.99. The normalized spacial score (nSPS) is 10.4. The summed E-state index contributed by atoms with van der Waals surface area (Å²) in [7, 11) is 0. The summed E-state index contributed by atoms with van der Waals surface area (Å²) in [4.78, 5) is 22.6. The molecule has 28 heavy (non-hydrogen) atoms. The van der Waals surface area contributed by atoms with Gasteiger partial charge in [0.15, 0.2) is 5.43 Å². The molecule has 136 valence electrons. The molecule has 0 aliphatic heterocycles. The van der Waals surface area contributed by atoms with E-state index in [1.807, 2.05) is 66.7 Å². The number of hydrogen-bond acceptors (Lipinski definition) is 4. The van der Waals surface area contributed by atoms with Gasteiger partial charge in [0.05, 0.1) is 5.39 Å². The molecular formula is C24H16O4. The minimum Gasteiger partial charge on any atom is -0.456 e. The highest BCUT2D eigenvalue weighted by Crippen LogP contribution is 2.21. The smallest absolute Gasteiger partial charge is 0.336 e. The quantitative estimate of drug-likeness (QED) is 0.379. The molecule has 0 radical (unpaired) electrons. The van der Waals surface area contributed by atoms with Crippen LogP contribution in [0.3, 0.4) is 0 Å². The fourth-order valence-electron chi connectivity index (χ4n) is 2.86. The first-order valence-electron chi connectivity index (χ1n) is 8.78. The molecule has 0 amide bonds. The summed E-state index contributed by atoms with van der Waals surface area (Å²) in [5.41, 5.74) is 1.86. The summed E-state index contributed by atoms with van der Waals surface area (Å²) < 4.78 is 10.6. The molecule has 0 bridgehead atoms. The third-order valence-electron chi connectivity index (χ3n) is 4.22. The highest BCUT2D eigenvalue weighted by molar-refractivity contribution is 5.78. The van der Waals surface area contributed by atoms with Gasteiger partial charge in [-0.25, -0.2) is 4.79 Å². The van der Waals surface area contributed by atoms with Gasteiger partial charge < -0.3 is 8.83 Å². The van der Waals surface area contributed by atoms with Crippen LogP contribution in [-0.2, 0) is 0 Å². The molecule has 0 unspecified atom stereocenters. The van der Waals surface area contributed by atoms with E-state index in [9.17, 15) is 9.59 Å². The second-order valence-corrected chi connectivity index (χ2v) is 6.13. The Hall–Kier alpha value is -3.92. The van der Waals surface area contributed by atoms with E-state index in [0.717, 1.165) is 10.9 Å². The maximum absolute atomic E-state index is 11.9. The fraction of sp³-hybridized carbons (Fsp3) is 0. The van der Waals surface area contributed by atoms with Crippen molar-refractivity contribution in [3.63, 3.8) is 0 Å². The molecule has 0 saturated heterocycles. The largest absolute Gasteiger partial charge is 0.456 e. The molecule has 5 rings (SSSR count). The summed E-state index contributed by atoms with van der Waals surface area (Å²) in [6.07, 6.45) is 0. The van der Waals surface area contributed by atoms with E-state index in [0.29, 0.717) is 22.3 Å². The van der Waals surface area contributed by atoms with Crippen LogP contribution in [0.15, 0.2) is 115 Å². The molecular weight excluding hydrogens is 352 g/mol. The Morgan fingerprint density at radius 1 is 0.571 bits per heavy atom.